The van der Waals surface area contributed by atoms with Crippen molar-refractivity contribution in [1.82, 2.24) is 4.98 Å². The van der Waals surface area contributed by atoms with Gasteiger partial charge in [-0.05, 0) is 34.5 Å². The maximum absolute atomic E-state index is 12.6. The first-order valence-electron chi connectivity index (χ1n) is 5.02. The Morgan fingerprint density at radius 2 is 2.33 bits per heavy atom. The predicted octanol–water partition coefficient (Wildman–Crippen LogP) is 2.76. The molecule has 1 heterocycles. The molecule has 0 aliphatic heterocycles. The Bertz CT molecular complexity index is 501. The molecular formula is C11H9BrF2N2O2. The van der Waals surface area contributed by atoms with Gasteiger partial charge in [0.2, 0.25) is 0 Å². The summed E-state index contributed by atoms with van der Waals surface area (Å²) < 4.78 is 30.1. The monoisotopic (exact) mass is 318 g/mol. The van der Waals surface area contributed by atoms with Gasteiger partial charge in [-0.2, -0.15) is 5.26 Å². The molecule has 0 spiro atoms. The van der Waals surface area contributed by atoms with Crippen LogP contribution in [-0.2, 0) is 16.0 Å². The highest BCUT2D eigenvalue weighted by molar-refractivity contribution is 9.10. The van der Waals surface area contributed by atoms with E-state index in [0.717, 1.165) is 6.07 Å². The third kappa shape index (κ3) is 3.47. The molecular weight excluding hydrogens is 310 g/mol. The average molecular weight is 319 g/mol. The van der Waals surface area contributed by atoms with Gasteiger partial charge in [-0.1, -0.05) is 0 Å². The number of ether oxygens (including phenoxy) is 1. The zero-order chi connectivity index (χ0) is 13.7. The number of nitriles is 1. The lowest BCUT2D eigenvalue weighted by Crippen LogP contribution is -2.10. The molecule has 1 rings (SSSR count). The van der Waals surface area contributed by atoms with Crippen LogP contribution in [0.2, 0.25) is 0 Å². The minimum atomic E-state index is -2.80. The van der Waals surface area contributed by atoms with E-state index >= 15 is 0 Å². The molecule has 1 aromatic heterocycles. The number of nitrogens with zero attached hydrogens (tertiary/aromatic N) is 2. The minimum absolute atomic E-state index is 0.174. The van der Waals surface area contributed by atoms with Crippen LogP contribution in [0.3, 0.4) is 0 Å². The molecule has 96 valence electrons. The fourth-order valence-corrected chi connectivity index (χ4v) is 1.72. The summed E-state index contributed by atoms with van der Waals surface area (Å²) in [4.78, 5) is 14.8. The molecule has 4 nitrogen and oxygen atoms in total. The molecule has 0 saturated heterocycles. The Balaban J connectivity index is 3.14. The SMILES string of the molecule is CCOC(=O)Cc1cc(C(F)F)nc(C#N)c1Br. The molecule has 0 radical (unpaired) electrons. The average Bonchev–Trinajstić information content (AvgIpc) is 2.31. The molecule has 1 aromatic rings. The van der Waals surface area contributed by atoms with E-state index in [0.29, 0.717) is 0 Å². The predicted molar refractivity (Wildman–Crippen MR) is 61.9 cm³/mol. The lowest BCUT2D eigenvalue weighted by molar-refractivity contribution is -0.142. The number of carbonyl (C=O) groups excluding carboxylic acids is 1. The van der Waals surface area contributed by atoms with Crippen LogP contribution in [0.1, 0.15) is 30.3 Å². The number of pyridine rings is 1. The number of aromatic nitrogens is 1. The number of carbonyl (C=O) groups is 1. The molecule has 0 atom stereocenters. The highest BCUT2D eigenvalue weighted by atomic mass is 79.9. The Morgan fingerprint density at radius 1 is 1.67 bits per heavy atom. The van der Waals surface area contributed by atoms with Gasteiger partial charge in [0.25, 0.3) is 6.43 Å². The van der Waals surface area contributed by atoms with Gasteiger partial charge >= 0.3 is 5.97 Å². The second-order valence-corrected chi connectivity index (χ2v) is 4.06. The maximum Gasteiger partial charge on any atom is 0.310 e. The quantitative estimate of drug-likeness (QED) is 0.801. The Hall–Kier alpha value is -1.55. The molecule has 0 fully saturated rings. The van der Waals surface area contributed by atoms with Crippen LogP contribution < -0.4 is 0 Å². The van der Waals surface area contributed by atoms with Crippen LogP contribution in [-0.4, -0.2) is 17.6 Å². The number of alkyl halides is 2. The van der Waals surface area contributed by atoms with Gasteiger partial charge < -0.3 is 4.74 Å². The van der Waals surface area contributed by atoms with Crippen molar-refractivity contribution in [3.05, 3.63) is 27.5 Å². The highest BCUT2D eigenvalue weighted by Crippen LogP contribution is 2.26. The van der Waals surface area contributed by atoms with Gasteiger partial charge in [0.15, 0.2) is 5.69 Å². The first kappa shape index (κ1) is 14.5. The summed E-state index contributed by atoms with van der Waals surface area (Å²) in [6.45, 7) is 1.85. The van der Waals surface area contributed by atoms with Gasteiger partial charge in [-0.3, -0.25) is 4.79 Å². The summed E-state index contributed by atoms with van der Waals surface area (Å²) in [6, 6.07) is 2.78. The van der Waals surface area contributed by atoms with Crippen LogP contribution in [0, 0.1) is 11.3 Å². The summed E-state index contributed by atoms with van der Waals surface area (Å²) in [6.07, 6.45) is -2.99. The van der Waals surface area contributed by atoms with E-state index in [-0.39, 0.29) is 28.8 Å². The van der Waals surface area contributed by atoms with Crippen LogP contribution in [0.4, 0.5) is 8.78 Å². The second-order valence-electron chi connectivity index (χ2n) is 3.26. The van der Waals surface area contributed by atoms with Gasteiger partial charge in [-0.25, -0.2) is 13.8 Å². The van der Waals surface area contributed by atoms with Gasteiger partial charge in [0.05, 0.1) is 17.5 Å². The van der Waals surface area contributed by atoms with E-state index in [2.05, 4.69) is 20.9 Å². The van der Waals surface area contributed by atoms with Crippen LogP contribution >= 0.6 is 15.9 Å². The zero-order valence-corrected chi connectivity index (χ0v) is 11.0. The first-order valence-corrected chi connectivity index (χ1v) is 5.82. The van der Waals surface area contributed by atoms with Gasteiger partial charge in [0, 0.05) is 0 Å². The number of halogens is 3. The van der Waals surface area contributed by atoms with E-state index in [9.17, 15) is 13.6 Å². The molecule has 7 heteroatoms. The standard InChI is InChI=1S/C11H9BrF2N2O2/c1-2-18-9(17)4-6-3-7(11(13)14)16-8(5-15)10(6)12/h3,11H,2,4H2,1H3. The maximum atomic E-state index is 12.6. The van der Waals surface area contributed by atoms with Gasteiger partial charge in [-0.15, -0.1) is 0 Å². The summed E-state index contributed by atoms with van der Waals surface area (Å²) in [5.41, 5.74) is -0.448. The summed E-state index contributed by atoms with van der Waals surface area (Å²) in [5, 5.41) is 8.78. The fraction of sp³-hybridized carbons (Fsp3) is 0.364. The third-order valence-corrected chi connectivity index (χ3v) is 2.91. The highest BCUT2D eigenvalue weighted by Gasteiger charge is 2.18. The van der Waals surface area contributed by atoms with Crippen molar-refractivity contribution in [2.45, 2.75) is 19.8 Å². The Kier molecular flexibility index (Phi) is 5.16. The van der Waals surface area contributed by atoms with Crippen molar-refractivity contribution in [3.8, 4) is 6.07 Å². The van der Waals surface area contributed by atoms with Crippen LogP contribution in [0.15, 0.2) is 10.5 Å². The van der Waals surface area contributed by atoms with E-state index in [4.69, 9.17) is 10.00 Å². The van der Waals surface area contributed by atoms with Crippen LogP contribution in [0.25, 0.3) is 0 Å². The molecule has 18 heavy (non-hydrogen) atoms. The number of hydrogen-bond acceptors (Lipinski definition) is 4. The Labute approximate surface area is 111 Å². The van der Waals surface area contributed by atoms with Gasteiger partial charge in [0.1, 0.15) is 11.8 Å². The minimum Gasteiger partial charge on any atom is -0.466 e. The molecule has 0 N–H and O–H groups in total. The molecule has 0 bridgehead atoms. The molecule has 0 saturated carbocycles. The van der Waals surface area contributed by atoms with Crippen molar-refractivity contribution in [3.63, 3.8) is 0 Å². The van der Waals surface area contributed by atoms with E-state index in [1.807, 2.05) is 0 Å². The van der Waals surface area contributed by atoms with E-state index in [1.165, 1.54) is 0 Å². The summed E-state index contributed by atoms with van der Waals surface area (Å²) in [5.74, 6) is -0.548. The number of rotatable bonds is 4. The number of esters is 1. The van der Waals surface area contributed by atoms with E-state index in [1.54, 1.807) is 13.0 Å². The molecule has 0 amide bonds. The summed E-state index contributed by atoms with van der Waals surface area (Å²) in [7, 11) is 0. The van der Waals surface area contributed by atoms with Crippen molar-refractivity contribution in [2.24, 2.45) is 0 Å². The Morgan fingerprint density at radius 3 is 2.83 bits per heavy atom. The largest absolute Gasteiger partial charge is 0.466 e. The smallest absolute Gasteiger partial charge is 0.310 e. The molecule has 0 aromatic carbocycles. The normalized spacial score (nSPS) is 10.2. The van der Waals surface area contributed by atoms with E-state index < -0.39 is 18.1 Å². The first-order chi connectivity index (χ1) is 8.49. The van der Waals surface area contributed by atoms with Crippen LogP contribution in [0.5, 0.6) is 0 Å². The lowest BCUT2D eigenvalue weighted by Gasteiger charge is -2.08. The van der Waals surface area contributed by atoms with Crippen molar-refractivity contribution in [1.29, 1.82) is 5.26 Å². The molecule has 0 unspecified atom stereocenters. The third-order valence-electron chi connectivity index (χ3n) is 2.02. The molecule has 0 aliphatic rings. The fourth-order valence-electron chi connectivity index (χ4n) is 1.29. The second kappa shape index (κ2) is 6.40. The zero-order valence-electron chi connectivity index (χ0n) is 9.41. The van der Waals surface area contributed by atoms with Crippen molar-refractivity contribution >= 4 is 21.9 Å². The summed E-state index contributed by atoms with van der Waals surface area (Å²) >= 11 is 3.07. The van der Waals surface area contributed by atoms with Crippen molar-refractivity contribution < 1.29 is 18.3 Å². The van der Waals surface area contributed by atoms with Crippen molar-refractivity contribution in [2.75, 3.05) is 6.61 Å². The number of hydrogen-bond donors (Lipinski definition) is 0. The lowest BCUT2D eigenvalue weighted by atomic mass is 10.1. The molecule has 0 aliphatic carbocycles. The topological polar surface area (TPSA) is 63.0 Å².